The lowest BCUT2D eigenvalue weighted by atomic mass is 10.0. The van der Waals surface area contributed by atoms with E-state index in [9.17, 15) is 31.1 Å². The number of rotatable bonds is 4. The zero-order valence-corrected chi connectivity index (χ0v) is 15.4. The Labute approximate surface area is 167 Å². The van der Waals surface area contributed by atoms with Crippen molar-refractivity contribution in [2.45, 2.75) is 24.8 Å². The Morgan fingerprint density at radius 3 is 2.57 bits per heavy atom. The average Bonchev–Trinajstić information content (AvgIpc) is 2.65. The van der Waals surface area contributed by atoms with Gasteiger partial charge in [0.1, 0.15) is 17.3 Å². The van der Waals surface area contributed by atoms with E-state index >= 15 is 0 Å². The molecule has 3 heterocycles. The zero-order valence-electron chi connectivity index (χ0n) is 15.4. The van der Waals surface area contributed by atoms with Gasteiger partial charge in [-0.15, -0.1) is 0 Å². The maximum atomic E-state index is 13.5. The van der Waals surface area contributed by atoms with Gasteiger partial charge in [-0.1, -0.05) is 0 Å². The maximum Gasteiger partial charge on any atom is 0.418 e. The van der Waals surface area contributed by atoms with Gasteiger partial charge in [-0.25, -0.2) is 9.97 Å². The standard InChI is InChI=1S/C18H17F6N5O/c19-17(20,21)8-10-9-29(7-6-26-10)13-4-3-12(18(22,23)24)14(28-13)15(30)11-2-1-5-27-16(11)25/h1-5,10,26H,6-9H2,(H2,25,27). The van der Waals surface area contributed by atoms with Gasteiger partial charge < -0.3 is 16.0 Å². The lowest BCUT2D eigenvalue weighted by Gasteiger charge is -2.35. The van der Waals surface area contributed by atoms with Crippen LogP contribution in [0.3, 0.4) is 0 Å². The molecule has 0 aliphatic carbocycles. The third-order valence-corrected chi connectivity index (χ3v) is 4.54. The van der Waals surface area contributed by atoms with Gasteiger partial charge in [-0.05, 0) is 24.3 Å². The van der Waals surface area contributed by atoms with Crippen molar-refractivity contribution in [3.8, 4) is 0 Å². The van der Waals surface area contributed by atoms with Crippen LogP contribution in [0.4, 0.5) is 38.0 Å². The van der Waals surface area contributed by atoms with E-state index in [0.29, 0.717) is 6.07 Å². The Bertz CT molecular complexity index is 930. The molecule has 0 aromatic carbocycles. The first-order chi connectivity index (χ1) is 14.0. The summed E-state index contributed by atoms with van der Waals surface area (Å²) in [6.45, 7) is 0.276. The van der Waals surface area contributed by atoms with Crippen LogP contribution in [0.5, 0.6) is 0 Å². The lowest BCUT2D eigenvalue weighted by Crippen LogP contribution is -2.52. The molecule has 2 aromatic heterocycles. The first-order valence-corrected chi connectivity index (χ1v) is 8.84. The van der Waals surface area contributed by atoms with Crippen molar-refractivity contribution >= 4 is 17.4 Å². The highest BCUT2D eigenvalue weighted by atomic mass is 19.4. The first-order valence-electron chi connectivity index (χ1n) is 8.84. The number of carbonyl (C=O) groups excluding carboxylic acids is 1. The summed E-state index contributed by atoms with van der Waals surface area (Å²) in [5.41, 5.74) is 3.22. The molecule has 0 amide bonds. The predicted molar refractivity (Wildman–Crippen MR) is 96.0 cm³/mol. The second-order valence-electron chi connectivity index (χ2n) is 6.75. The van der Waals surface area contributed by atoms with E-state index < -0.39 is 41.9 Å². The molecular weight excluding hydrogens is 416 g/mol. The molecule has 0 radical (unpaired) electrons. The number of hydrogen-bond donors (Lipinski definition) is 2. The SMILES string of the molecule is Nc1ncccc1C(=O)c1nc(N2CCNC(CC(F)(F)F)C2)ccc1C(F)(F)F. The number of aromatic nitrogens is 2. The number of nitrogens with zero attached hydrogens (tertiary/aromatic N) is 3. The van der Waals surface area contributed by atoms with Crippen molar-refractivity contribution in [3.63, 3.8) is 0 Å². The van der Waals surface area contributed by atoms with Gasteiger partial charge in [0.15, 0.2) is 0 Å². The molecule has 12 heteroatoms. The van der Waals surface area contributed by atoms with Crippen molar-refractivity contribution in [1.29, 1.82) is 0 Å². The van der Waals surface area contributed by atoms with E-state index in [1.807, 2.05) is 0 Å². The number of nitrogen functional groups attached to an aromatic ring is 1. The minimum Gasteiger partial charge on any atom is -0.383 e. The van der Waals surface area contributed by atoms with E-state index in [2.05, 4.69) is 15.3 Å². The fraction of sp³-hybridized carbons (Fsp3) is 0.389. The number of carbonyl (C=O) groups is 1. The predicted octanol–water partition coefficient (Wildman–Crippen LogP) is 3.04. The van der Waals surface area contributed by atoms with Crippen LogP contribution in [0.2, 0.25) is 0 Å². The van der Waals surface area contributed by atoms with Gasteiger partial charge in [0.2, 0.25) is 5.78 Å². The van der Waals surface area contributed by atoms with Gasteiger partial charge in [0, 0.05) is 31.9 Å². The van der Waals surface area contributed by atoms with Crippen LogP contribution in [-0.4, -0.2) is 47.6 Å². The second kappa shape index (κ2) is 8.09. The summed E-state index contributed by atoms with van der Waals surface area (Å²) in [7, 11) is 0. The van der Waals surface area contributed by atoms with Gasteiger partial charge in [-0.3, -0.25) is 4.79 Å². The summed E-state index contributed by atoms with van der Waals surface area (Å²) < 4.78 is 78.4. The Hall–Kier alpha value is -2.89. The zero-order chi connectivity index (χ0) is 22.1. The number of ketones is 1. The molecule has 1 aliphatic heterocycles. The van der Waals surface area contributed by atoms with Gasteiger partial charge in [0.05, 0.1) is 17.5 Å². The van der Waals surface area contributed by atoms with Crippen LogP contribution in [0.25, 0.3) is 0 Å². The first kappa shape index (κ1) is 21.8. The van der Waals surface area contributed by atoms with Crippen molar-refractivity contribution in [2.75, 3.05) is 30.3 Å². The van der Waals surface area contributed by atoms with E-state index in [1.54, 1.807) is 0 Å². The summed E-state index contributed by atoms with van der Waals surface area (Å²) >= 11 is 0. The molecule has 1 fully saturated rings. The topological polar surface area (TPSA) is 84.1 Å². The highest BCUT2D eigenvalue weighted by Crippen LogP contribution is 2.34. The van der Waals surface area contributed by atoms with Gasteiger partial charge in [-0.2, -0.15) is 26.3 Å². The Kier molecular flexibility index (Phi) is 5.88. The molecule has 162 valence electrons. The average molecular weight is 433 g/mol. The van der Waals surface area contributed by atoms with Crippen molar-refractivity contribution in [3.05, 3.63) is 47.3 Å². The number of alkyl halides is 6. The molecule has 3 N–H and O–H groups in total. The van der Waals surface area contributed by atoms with Crippen LogP contribution in [0, 0.1) is 0 Å². The minimum absolute atomic E-state index is 0.0255. The lowest BCUT2D eigenvalue weighted by molar-refractivity contribution is -0.140. The number of pyridine rings is 2. The molecule has 1 aliphatic rings. The number of hydrogen-bond acceptors (Lipinski definition) is 6. The fourth-order valence-corrected chi connectivity index (χ4v) is 3.21. The highest BCUT2D eigenvalue weighted by molar-refractivity contribution is 6.11. The third kappa shape index (κ3) is 4.99. The number of halogens is 6. The van der Waals surface area contributed by atoms with E-state index in [1.165, 1.54) is 23.2 Å². The minimum atomic E-state index is -4.87. The molecule has 1 unspecified atom stereocenters. The normalized spacial score (nSPS) is 17.8. The fourth-order valence-electron chi connectivity index (χ4n) is 3.21. The molecule has 3 rings (SSSR count). The smallest absolute Gasteiger partial charge is 0.383 e. The molecule has 0 saturated carbocycles. The molecule has 30 heavy (non-hydrogen) atoms. The van der Waals surface area contributed by atoms with Crippen molar-refractivity contribution in [2.24, 2.45) is 0 Å². The number of anilines is 2. The van der Waals surface area contributed by atoms with Crippen LogP contribution < -0.4 is 16.0 Å². The quantitative estimate of drug-likeness (QED) is 0.570. The van der Waals surface area contributed by atoms with Crippen LogP contribution in [0.15, 0.2) is 30.5 Å². The Morgan fingerprint density at radius 1 is 1.20 bits per heavy atom. The monoisotopic (exact) mass is 433 g/mol. The number of piperazine rings is 1. The molecule has 0 spiro atoms. The second-order valence-corrected chi connectivity index (χ2v) is 6.75. The summed E-state index contributed by atoms with van der Waals surface area (Å²) in [6, 6.07) is 3.36. The molecule has 6 nitrogen and oxygen atoms in total. The highest BCUT2D eigenvalue weighted by Gasteiger charge is 2.38. The third-order valence-electron chi connectivity index (χ3n) is 4.54. The summed E-state index contributed by atoms with van der Waals surface area (Å²) in [5, 5.41) is 2.72. The Balaban J connectivity index is 1.97. The van der Waals surface area contributed by atoms with E-state index in [-0.39, 0.29) is 36.8 Å². The number of nitrogens with two attached hydrogens (primary N) is 1. The van der Waals surface area contributed by atoms with Crippen LogP contribution in [-0.2, 0) is 6.18 Å². The van der Waals surface area contributed by atoms with E-state index in [0.717, 1.165) is 6.07 Å². The number of nitrogens with one attached hydrogen (secondary N) is 1. The maximum absolute atomic E-state index is 13.5. The van der Waals surface area contributed by atoms with Gasteiger partial charge in [0.25, 0.3) is 0 Å². The molecular formula is C18H17F6N5O. The van der Waals surface area contributed by atoms with Crippen LogP contribution in [0.1, 0.15) is 28.0 Å². The molecule has 0 bridgehead atoms. The summed E-state index contributed by atoms with van der Waals surface area (Å²) in [6.07, 6.45) is -9.08. The largest absolute Gasteiger partial charge is 0.418 e. The molecule has 1 saturated heterocycles. The summed E-state index contributed by atoms with van der Waals surface area (Å²) in [4.78, 5) is 21.7. The summed E-state index contributed by atoms with van der Waals surface area (Å²) in [5.74, 6) is -1.35. The van der Waals surface area contributed by atoms with Gasteiger partial charge >= 0.3 is 12.4 Å². The van der Waals surface area contributed by atoms with Crippen LogP contribution >= 0.6 is 0 Å². The Morgan fingerprint density at radius 2 is 1.93 bits per heavy atom. The van der Waals surface area contributed by atoms with E-state index in [4.69, 9.17) is 5.73 Å². The molecule has 1 atom stereocenters. The molecule has 2 aromatic rings. The van der Waals surface area contributed by atoms with Crippen molar-refractivity contribution in [1.82, 2.24) is 15.3 Å². The van der Waals surface area contributed by atoms with Crippen molar-refractivity contribution < 1.29 is 31.1 Å².